The maximum atomic E-state index is 12.7. The predicted molar refractivity (Wildman–Crippen MR) is 120 cm³/mol. The van der Waals surface area contributed by atoms with Crippen molar-refractivity contribution in [2.75, 3.05) is 26.8 Å². The van der Waals surface area contributed by atoms with E-state index in [9.17, 15) is 4.79 Å². The number of methoxy groups -OCH3 is 1. The Labute approximate surface area is 180 Å². The number of hydrogen-bond donors (Lipinski definition) is 1. The van der Waals surface area contributed by atoms with Crippen molar-refractivity contribution in [3.63, 3.8) is 0 Å². The van der Waals surface area contributed by atoms with Gasteiger partial charge in [0.1, 0.15) is 0 Å². The lowest BCUT2D eigenvalue weighted by atomic mass is 10.1. The summed E-state index contributed by atoms with van der Waals surface area (Å²) in [7, 11) is 1.64. The van der Waals surface area contributed by atoms with Gasteiger partial charge >= 0.3 is 0 Å². The third-order valence-corrected chi connectivity index (χ3v) is 5.43. The molecule has 1 N–H and O–H groups in total. The Morgan fingerprint density at radius 2 is 1.87 bits per heavy atom. The minimum atomic E-state index is -0.0606. The van der Waals surface area contributed by atoms with Crippen LogP contribution in [0.3, 0.4) is 0 Å². The molecule has 0 aliphatic carbocycles. The van der Waals surface area contributed by atoms with Crippen LogP contribution in [0.25, 0.3) is 0 Å². The van der Waals surface area contributed by atoms with Crippen LogP contribution < -0.4 is 14.8 Å². The zero-order valence-electron chi connectivity index (χ0n) is 18.4. The molecule has 0 radical (unpaired) electrons. The molecule has 0 bridgehead atoms. The van der Waals surface area contributed by atoms with Crippen LogP contribution >= 0.6 is 0 Å². The fourth-order valence-electron chi connectivity index (χ4n) is 3.64. The summed E-state index contributed by atoms with van der Waals surface area (Å²) in [6, 6.07) is 13.7. The number of likely N-dealkylation sites (tertiary alicyclic amines) is 1. The van der Waals surface area contributed by atoms with Crippen LogP contribution in [0.1, 0.15) is 54.6 Å². The van der Waals surface area contributed by atoms with Crippen LogP contribution in [0, 0.1) is 5.92 Å². The van der Waals surface area contributed by atoms with Crippen LogP contribution in [-0.2, 0) is 13.1 Å². The number of rotatable bonds is 10. The molecule has 0 spiro atoms. The number of ether oxygens (including phenoxy) is 2. The van der Waals surface area contributed by atoms with Gasteiger partial charge < -0.3 is 14.8 Å². The molecule has 1 aliphatic rings. The molecule has 5 nitrogen and oxygen atoms in total. The highest BCUT2D eigenvalue weighted by Crippen LogP contribution is 2.28. The average Bonchev–Trinajstić information content (AvgIpc) is 3.25. The van der Waals surface area contributed by atoms with Crippen molar-refractivity contribution in [2.24, 2.45) is 5.92 Å². The second-order valence-corrected chi connectivity index (χ2v) is 8.38. The molecule has 5 heteroatoms. The highest BCUT2D eigenvalue weighted by atomic mass is 16.5. The summed E-state index contributed by atoms with van der Waals surface area (Å²) >= 11 is 0. The van der Waals surface area contributed by atoms with Crippen LogP contribution in [0.4, 0.5) is 0 Å². The molecule has 2 aromatic carbocycles. The van der Waals surface area contributed by atoms with Gasteiger partial charge in [0.05, 0.1) is 13.7 Å². The van der Waals surface area contributed by atoms with E-state index in [2.05, 4.69) is 30.1 Å². The normalized spacial score (nSPS) is 14.1. The highest BCUT2D eigenvalue weighted by molar-refractivity contribution is 5.94. The van der Waals surface area contributed by atoms with Gasteiger partial charge in [-0.15, -0.1) is 0 Å². The number of amides is 1. The van der Waals surface area contributed by atoms with Gasteiger partial charge in [-0.2, -0.15) is 0 Å². The van der Waals surface area contributed by atoms with Gasteiger partial charge in [-0.1, -0.05) is 32.0 Å². The molecule has 0 unspecified atom stereocenters. The zero-order chi connectivity index (χ0) is 21.3. The quantitative estimate of drug-likeness (QED) is 0.620. The van der Waals surface area contributed by atoms with E-state index in [-0.39, 0.29) is 5.91 Å². The molecule has 0 atom stereocenters. The Balaban J connectivity index is 1.56. The molecule has 3 rings (SSSR count). The largest absolute Gasteiger partial charge is 0.493 e. The fourth-order valence-corrected chi connectivity index (χ4v) is 3.64. The van der Waals surface area contributed by atoms with Gasteiger partial charge in [0.25, 0.3) is 5.91 Å². The molecule has 0 aromatic heterocycles. The standard InChI is InChI=1S/C25H34N2O3/c1-19(2)11-14-30-23-10-9-20(16-24(23)29-3)17-26-25(28)22-8-6-7-21(15-22)18-27-12-4-5-13-27/h6-10,15-16,19H,4-5,11-14,17-18H2,1-3H3,(H,26,28). The van der Waals surface area contributed by atoms with Gasteiger partial charge in [-0.05, 0) is 73.7 Å². The van der Waals surface area contributed by atoms with Gasteiger partial charge in [-0.3, -0.25) is 9.69 Å². The summed E-state index contributed by atoms with van der Waals surface area (Å²) in [5, 5.41) is 3.02. The summed E-state index contributed by atoms with van der Waals surface area (Å²) in [5.41, 5.74) is 2.87. The van der Waals surface area contributed by atoms with Crippen molar-refractivity contribution >= 4 is 5.91 Å². The number of benzene rings is 2. The van der Waals surface area contributed by atoms with E-state index in [1.54, 1.807) is 7.11 Å². The third-order valence-electron chi connectivity index (χ3n) is 5.43. The van der Waals surface area contributed by atoms with Crippen LogP contribution in [-0.4, -0.2) is 37.6 Å². The van der Waals surface area contributed by atoms with E-state index in [4.69, 9.17) is 9.47 Å². The first-order chi connectivity index (χ1) is 14.5. The Morgan fingerprint density at radius 3 is 2.60 bits per heavy atom. The van der Waals surface area contributed by atoms with E-state index in [0.29, 0.717) is 30.4 Å². The van der Waals surface area contributed by atoms with Crippen molar-refractivity contribution in [3.8, 4) is 11.5 Å². The number of nitrogens with zero attached hydrogens (tertiary/aromatic N) is 1. The molecule has 30 heavy (non-hydrogen) atoms. The van der Waals surface area contributed by atoms with Crippen molar-refractivity contribution in [1.82, 2.24) is 10.2 Å². The molecular weight excluding hydrogens is 376 g/mol. The summed E-state index contributed by atoms with van der Waals surface area (Å²) in [6.45, 7) is 8.67. The van der Waals surface area contributed by atoms with Crippen molar-refractivity contribution in [3.05, 3.63) is 59.2 Å². The van der Waals surface area contributed by atoms with Crippen LogP contribution in [0.2, 0.25) is 0 Å². The fraction of sp³-hybridized carbons (Fsp3) is 0.480. The van der Waals surface area contributed by atoms with Crippen LogP contribution in [0.5, 0.6) is 11.5 Å². The Morgan fingerprint density at radius 1 is 1.07 bits per heavy atom. The predicted octanol–water partition coefficient (Wildman–Crippen LogP) is 4.65. The Hall–Kier alpha value is -2.53. The van der Waals surface area contributed by atoms with E-state index in [1.165, 1.54) is 18.4 Å². The second-order valence-electron chi connectivity index (χ2n) is 8.38. The number of hydrogen-bond acceptors (Lipinski definition) is 4. The summed E-state index contributed by atoms with van der Waals surface area (Å²) in [6.07, 6.45) is 3.54. The smallest absolute Gasteiger partial charge is 0.251 e. The highest BCUT2D eigenvalue weighted by Gasteiger charge is 2.13. The number of carbonyl (C=O) groups is 1. The summed E-state index contributed by atoms with van der Waals surface area (Å²) in [5.74, 6) is 1.97. The Bertz CT molecular complexity index is 829. The molecule has 1 aliphatic heterocycles. The third kappa shape index (κ3) is 6.49. The minimum absolute atomic E-state index is 0.0606. The zero-order valence-corrected chi connectivity index (χ0v) is 18.4. The molecular formula is C25H34N2O3. The Kier molecular flexibility index (Phi) is 8.14. The molecule has 1 amide bonds. The first-order valence-electron chi connectivity index (χ1n) is 10.9. The van der Waals surface area contributed by atoms with Crippen molar-refractivity contribution < 1.29 is 14.3 Å². The molecule has 2 aromatic rings. The molecule has 0 saturated carbocycles. The van der Waals surface area contributed by atoms with Gasteiger partial charge in [-0.25, -0.2) is 0 Å². The molecule has 1 heterocycles. The molecule has 1 fully saturated rings. The maximum Gasteiger partial charge on any atom is 0.251 e. The van der Waals surface area contributed by atoms with E-state index in [1.807, 2.05) is 36.4 Å². The minimum Gasteiger partial charge on any atom is -0.493 e. The van der Waals surface area contributed by atoms with E-state index in [0.717, 1.165) is 37.4 Å². The van der Waals surface area contributed by atoms with E-state index < -0.39 is 0 Å². The van der Waals surface area contributed by atoms with Crippen molar-refractivity contribution in [1.29, 1.82) is 0 Å². The SMILES string of the molecule is COc1cc(CNC(=O)c2cccc(CN3CCCC3)c2)ccc1OCCC(C)C. The van der Waals surface area contributed by atoms with E-state index >= 15 is 0 Å². The summed E-state index contributed by atoms with van der Waals surface area (Å²) in [4.78, 5) is 15.1. The number of nitrogens with one attached hydrogen (secondary N) is 1. The molecule has 1 saturated heterocycles. The average molecular weight is 411 g/mol. The lowest BCUT2D eigenvalue weighted by Crippen LogP contribution is -2.23. The number of carbonyl (C=O) groups excluding carboxylic acids is 1. The van der Waals surface area contributed by atoms with Gasteiger partial charge in [0, 0.05) is 18.7 Å². The lowest BCUT2D eigenvalue weighted by Gasteiger charge is -2.15. The first-order valence-corrected chi connectivity index (χ1v) is 10.9. The monoisotopic (exact) mass is 410 g/mol. The van der Waals surface area contributed by atoms with Gasteiger partial charge in [0.2, 0.25) is 0 Å². The van der Waals surface area contributed by atoms with Crippen LogP contribution in [0.15, 0.2) is 42.5 Å². The van der Waals surface area contributed by atoms with Gasteiger partial charge in [0.15, 0.2) is 11.5 Å². The topological polar surface area (TPSA) is 50.8 Å². The van der Waals surface area contributed by atoms with Crippen molar-refractivity contribution in [2.45, 2.75) is 46.2 Å². The summed E-state index contributed by atoms with van der Waals surface area (Å²) < 4.78 is 11.3. The maximum absolute atomic E-state index is 12.7. The molecule has 162 valence electrons. The first kappa shape index (κ1) is 22.2. The second kappa shape index (κ2) is 11.0. The lowest BCUT2D eigenvalue weighted by molar-refractivity contribution is 0.0950.